The van der Waals surface area contributed by atoms with Crippen LogP contribution in [0, 0.1) is 6.92 Å². The molecule has 0 N–H and O–H groups in total. The summed E-state index contributed by atoms with van der Waals surface area (Å²) in [7, 11) is 2.01. The van der Waals surface area contributed by atoms with Gasteiger partial charge in [-0.3, -0.25) is 0 Å². The molecule has 0 bridgehead atoms. The first-order valence-electron chi connectivity index (χ1n) is 5.19. The summed E-state index contributed by atoms with van der Waals surface area (Å²) in [6, 6.07) is 10.4. The second-order valence-electron chi connectivity index (χ2n) is 3.85. The van der Waals surface area contributed by atoms with Crippen molar-refractivity contribution in [2.45, 2.75) is 6.92 Å². The molecule has 0 aliphatic rings. The molecular weight excluding hydrogens is 344 g/mol. The third kappa shape index (κ3) is 2.87. The Hall–Kier alpha value is -0.870. The highest BCUT2D eigenvalue weighted by Gasteiger charge is 2.09. The summed E-state index contributed by atoms with van der Waals surface area (Å²) < 4.78 is 1.93. The zero-order chi connectivity index (χ0) is 12.4. The monoisotopic (exact) mass is 354 g/mol. The molecule has 0 atom stereocenters. The minimum absolute atomic E-state index is 0.900. The molecule has 0 spiro atoms. The third-order valence-corrected chi connectivity index (χ3v) is 3.54. The van der Waals surface area contributed by atoms with Crippen LogP contribution >= 0.6 is 31.9 Å². The molecule has 1 aromatic heterocycles. The summed E-state index contributed by atoms with van der Waals surface area (Å²) in [5.74, 6) is 0.900. The van der Waals surface area contributed by atoms with E-state index in [4.69, 9.17) is 0 Å². The highest BCUT2D eigenvalue weighted by atomic mass is 79.9. The van der Waals surface area contributed by atoms with E-state index in [0.717, 1.165) is 20.5 Å². The van der Waals surface area contributed by atoms with Crippen molar-refractivity contribution < 1.29 is 0 Å². The van der Waals surface area contributed by atoms with E-state index in [1.165, 1.54) is 5.56 Å². The normalized spacial score (nSPS) is 10.4. The molecule has 0 unspecified atom stereocenters. The molecule has 0 fully saturated rings. The summed E-state index contributed by atoms with van der Waals surface area (Å²) in [6.07, 6.45) is 1.80. The van der Waals surface area contributed by atoms with Crippen molar-refractivity contribution in [2.75, 3.05) is 11.9 Å². The van der Waals surface area contributed by atoms with E-state index in [0.29, 0.717) is 0 Å². The van der Waals surface area contributed by atoms with E-state index >= 15 is 0 Å². The van der Waals surface area contributed by atoms with Gasteiger partial charge in [0.25, 0.3) is 0 Å². The van der Waals surface area contributed by atoms with Crippen LogP contribution in [0.4, 0.5) is 11.5 Å². The van der Waals surface area contributed by atoms with Crippen LogP contribution < -0.4 is 4.90 Å². The molecule has 2 rings (SSSR count). The van der Waals surface area contributed by atoms with Crippen LogP contribution in [0.1, 0.15) is 5.56 Å². The largest absolute Gasteiger partial charge is 0.329 e. The van der Waals surface area contributed by atoms with Gasteiger partial charge in [0, 0.05) is 23.4 Å². The van der Waals surface area contributed by atoms with Crippen molar-refractivity contribution in [3.63, 3.8) is 0 Å². The van der Waals surface area contributed by atoms with Gasteiger partial charge in [-0.15, -0.1) is 0 Å². The van der Waals surface area contributed by atoms with Crippen molar-refractivity contribution in [3.05, 3.63) is 51.0 Å². The highest BCUT2D eigenvalue weighted by Crippen LogP contribution is 2.30. The first kappa shape index (κ1) is 12.6. The Morgan fingerprint density at radius 3 is 2.35 bits per heavy atom. The Kier molecular flexibility index (Phi) is 3.84. The molecule has 88 valence electrons. The average molecular weight is 356 g/mol. The lowest BCUT2D eigenvalue weighted by Gasteiger charge is -2.19. The van der Waals surface area contributed by atoms with Crippen molar-refractivity contribution in [2.24, 2.45) is 0 Å². The van der Waals surface area contributed by atoms with Crippen molar-refractivity contribution >= 4 is 43.4 Å². The fraction of sp³-hybridized carbons (Fsp3) is 0.154. The number of pyridine rings is 1. The molecule has 2 nitrogen and oxygen atoms in total. The number of hydrogen-bond acceptors (Lipinski definition) is 2. The van der Waals surface area contributed by atoms with Gasteiger partial charge in [-0.25, -0.2) is 4.98 Å². The van der Waals surface area contributed by atoms with Gasteiger partial charge in [-0.2, -0.15) is 0 Å². The number of benzene rings is 1. The molecule has 1 heterocycles. The van der Waals surface area contributed by atoms with Crippen LogP contribution in [0.5, 0.6) is 0 Å². The number of hydrogen-bond donors (Lipinski definition) is 0. The van der Waals surface area contributed by atoms with Gasteiger partial charge in [-0.1, -0.05) is 17.7 Å². The SMILES string of the molecule is Cc1ccc(N(C)c2ncc(Br)cc2Br)cc1. The second kappa shape index (κ2) is 5.19. The van der Waals surface area contributed by atoms with E-state index in [1.807, 2.05) is 13.1 Å². The fourth-order valence-corrected chi connectivity index (χ4v) is 2.80. The average Bonchev–Trinajstić information content (AvgIpc) is 2.29. The summed E-state index contributed by atoms with van der Waals surface area (Å²) in [6.45, 7) is 2.08. The highest BCUT2D eigenvalue weighted by molar-refractivity contribution is 9.11. The first-order valence-corrected chi connectivity index (χ1v) is 6.78. The standard InChI is InChI=1S/C13H12Br2N2/c1-9-3-5-11(6-4-9)17(2)13-12(15)7-10(14)8-16-13/h3-8H,1-2H3. The number of aromatic nitrogens is 1. The van der Waals surface area contributed by atoms with E-state index in [2.05, 4.69) is 72.9 Å². The minimum atomic E-state index is 0.900. The van der Waals surface area contributed by atoms with Crippen molar-refractivity contribution in [3.8, 4) is 0 Å². The van der Waals surface area contributed by atoms with Crippen LogP contribution in [0.15, 0.2) is 45.5 Å². The van der Waals surface area contributed by atoms with Crippen LogP contribution in [-0.4, -0.2) is 12.0 Å². The molecule has 0 saturated heterocycles. The van der Waals surface area contributed by atoms with Crippen LogP contribution in [0.25, 0.3) is 0 Å². The third-order valence-electron chi connectivity index (χ3n) is 2.53. The summed E-state index contributed by atoms with van der Waals surface area (Å²) in [4.78, 5) is 6.46. The molecule has 0 radical (unpaired) electrons. The maximum Gasteiger partial charge on any atom is 0.147 e. The Bertz CT molecular complexity index is 523. The predicted octanol–water partition coefficient (Wildman–Crippen LogP) is 4.68. The van der Waals surface area contributed by atoms with Crippen LogP contribution in [-0.2, 0) is 0 Å². The molecule has 0 aliphatic heterocycles. The van der Waals surface area contributed by atoms with E-state index in [1.54, 1.807) is 6.20 Å². The number of halogens is 2. The maximum absolute atomic E-state index is 4.41. The molecule has 1 aromatic carbocycles. The van der Waals surface area contributed by atoms with Crippen molar-refractivity contribution in [1.82, 2.24) is 4.98 Å². The summed E-state index contributed by atoms with van der Waals surface area (Å²) in [5.41, 5.74) is 2.37. The zero-order valence-electron chi connectivity index (χ0n) is 9.61. The van der Waals surface area contributed by atoms with Crippen LogP contribution in [0.2, 0.25) is 0 Å². The summed E-state index contributed by atoms with van der Waals surface area (Å²) >= 11 is 6.93. The van der Waals surface area contributed by atoms with E-state index in [-0.39, 0.29) is 0 Å². The number of rotatable bonds is 2. The van der Waals surface area contributed by atoms with Gasteiger partial charge >= 0.3 is 0 Å². The maximum atomic E-state index is 4.41. The molecule has 0 amide bonds. The van der Waals surface area contributed by atoms with Gasteiger partial charge in [-0.05, 0) is 57.0 Å². The van der Waals surface area contributed by atoms with Gasteiger partial charge < -0.3 is 4.90 Å². The van der Waals surface area contributed by atoms with Gasteiger partial charge in [0.05, 0.1) is 4.47 Å². The fourth-order valence-electron chi connectivity index (χ4n) is 1.54. The lowest BCUT2D eigenvalue weighted by molar-refractivity contribution is 1.11. The lowest BCUT2D eigenvalue weighted by atomic mass is 10.2. The smallest absolute Gasteiger partial charge is 0.147 e. The Morgan fingerprint density at radius 2 is 1.76 bits per heavy atom. The molecule has 0 saturated carbocycles. The van der Waals surface area contributed by atoms with E-state index < -0.39 is 0 Å². The topological polar surface area (TPSA) is 16.1 Å². The van der Waals surface area contributed by atoms with Gasteiger partial charge in [0.15, 0.2) is 0 Å². The van der Waals surface area contributed by atoms with Gasteiger partial charge in [0.2, 0.25) is 0 Å². The first-order chi connectivity index (χ1) is 8.08. The Balaban J connectivity index is 2.36. The molecule has 2 aromatic rings. The Labute approximate surface area is 118 Å². The van der Waals surface area contributed by atoms with Crippen LogP contribution in [0.3, 0.4) is 0 Å². The zero-order valence-corrected chi connectivity index (χ0v) is 12.8. The van der Waals surface area contributed by atoms with Gasteiger partial charge in [0.1, 0.15) is 5.82 Å². The number of nitrogens with zero attached hydrogens (tertiary/aromatic N) is 2. The minimum Gasteiger partial charge on any atom is -0.329 e. The Morgan fingerprint density at radius 1 is 1.12 bits per heavy atom. The lowest BCUT2D eigenvalue weighted by Crippen LogP contribution is -2.11. The second-order valence-corrected chi connectivity index (χ2v) is 5.62. The van der Waals surface area contributed by atoms with E-state index in [9.17, 15) is 0 Å². The van der Waals surface area contributed by atoms with Crippen molar-refractivity contribution in [1.29, 1.82) is 0 Å². The summed E-state index contributed by atoms with van der Waals surface area (Å²) in [5, 5.41) is 0. The molecule has 17 heavy (non-hydrogen) atoms. The quantitative estimate of drug-likeness (QED) is 0.777. The molecule has 4 heteroatoms. The molecule has 0 aliphatic carbocycles. The predicted molar refractivity (Wildman–Crippen MR) is 78.9 cm³/mol. The number of aryl methyl sites for hydroxylation is 1. The number of anilines is 2. The molecular formula is C13H12Br2N2.